The summed E-state index contributed by atoms with van der Waals surface area (Å²) in [6.45, 7) is 4.16. The second kappa shape index (κ2) is 6.83. The second-order valence-corrected chi connectivity index (χ2v) is 4.38. The Labute approximate surface area is 121 Å². The summed E-state index contributed by atoms with van der Waals surface area (Å²) in [5, 5.41) is 9.19. The monoisotopic (exact) mass is 292 g/mol. The molecule has 0 saturated heterocycles. The smallest absolute Gasteiger partial charge is 0.295 e. The molecule has 0 aliphatic rings. The van der Waals surface area contributed by atoms with Crippen LogP contribution >= 0.6 is 0 Å². The molecule has 2 rings (SSSR count). The van der Waals surface area contributed by atoms with Gasteiger partial charge in [0.25, 0.3) is 5.91 Å². The first-order valence-electron chi connectivity index (χ1n) is 6.79. The predicted octanol–water partition coefficient (Wildman–Crippen LogP) is 2.55. The van der Waals surface area contributed by atoms with Gasteiger partial charge in [-0.25, -0.2) is 9.37 Å². The van der Waals surface area contributed by atoms with E-state index in [1.807, 2.05) is 6.92 Å². The van der Waals surface area contributed by atoms with Gasteiger partial charge in [-0.15, -0.1) is 5.10 Å². The summed E-state index contributed by atoms with van der Waals surface area (Å²) in [4.78, 5) is 16.2. The Morgan fingerprint density at radius 2 is 2.24 bits per heavy atom. The number of benzene rings is 1. The van der Waals surface area contributed by atoms with Gasteiger partial charge in [0.15, 0.2) is 0 Å². The summed E-state index contributed by atoms with van der Waals surface area (Å²) in [5.74, 6) is 0.0768. The van der Waals surface area contributed by atoms with Crippen LogP contribution in [0.5, 0.6) is 5.75 Å². The van der Waals surface area contributed by atoms with Gasteiger partial charge in [0.2, 0.25) is 5.82 Å². The zero-order valence-electron chi connectivity index (χ0n) is 11.9. The molecule has 1 aromatic heterocycles. The highest BCUT2D eigenvalue weighted by atomic mass is 19.1. The Bertz CT molecular complexity index is 627. The minimum atomic E-state index is -0.471. The number of amides is 1. The summed E-state index contributed by atoms with van der Waals surface area (Å²) < 4.78 is 18.5. The van der Waals surface area contributed by atoms with Crippen molar-refractivity contribution in [2.75, 3.05) is 11.9 Å². The molecular formula is C14H17FN4O2. The molecule has 0 atom stereocenters. The fourth-order valence-electron chi connectivity index (χ4n) is 1.80. The zero-order chi connectivity index (χ0) is 15.2. The standard InChI is InChI=1S/C14H17FN4O2/c1-3-5-12-17-13(19-18-12)14(20)16-10-7-6-9(15)8-11(10)21-4-2/h6-8H,3-5H2,1-2H3,(H,16,20)(H,17,18,19). The first-order chi connectivity index (χ1) is 10.1. The molecule has 0 saturated carbocycles. The average Bonchev–Trinajstić information content (AvgIpc) is 2.91. The van der Waals surface area contributed by atoms with E-state index in [0.717, 1.165) is 12.8 Å². The van der Waals surface area contributed by atoms with Gasteiger partial charge in [0, 0.05) is 12.5 Å². The third-order valence-electron chi connectivity index (χ3n) is 2.71. The minimum absolute atomic E-state index is 0.0465. The summed E-state index contributed by atoms with van der Waals surface area (Å²) in [5.41, 5.74) is 0.380. The number of aromatic amines is 1. The minimum Gasteiger partial charge on any atom is -0.492 e. The molecule has 0 unspecified atom stereocenters. The van der Waals surface area contributed by atoms with E-state index in [4.69, 9.17) is 4.74 Å². The maximum atomic E-state index is 13.2. The van der Waals surface area contributed by atoms with E-state index in [2.05, 4.69) is 20.5 Å². The first kappa shape index (κ1) is 15.0. The molecule has 1 amide bonds. The summed E-state index contributed by atoms with van der Waals surface area (Å²) >= 11 is 0. The van der Waals surface area contributed by atoms with Gasteiger partial charge >= 0.3 is 0 Å². The van der Waals surface area contributed by atoms with Crippen LogP contribution in [0.3, 0.4) is 0 Å². The van der Waals surface area contributed by atoms with E-state index in [-0.39, 0.29) is 11.6 Å². The molecule has 0 bridgehead atoms. The molecule has 0 aliphatic carbocycles. The van der Waals surface area contributed by atoms with Crippen molar-refractivity contribution < 1.29 is 13.9 Å². The quantitative estimate of drug-likeness (QED) is 0.857. The van der Waals surface area contributed by atoms with Gasteiger partial charge in [-0.1, -0.05) is 6.92 Å². The Morgan fingerprint density at radius 3 is 2.95 bits per heavy atom. The Hall–Kier alpha value is -2.44. The number of nitrogens with zero attached hydrogens (tertiary/aromatic N) is 2. The second-order valence-electron chi connectivity index (χ2n) is 4.38. The van der Waals surface area contributed by atoms with Crippen LogP contribution in [0.1, 0.15) is 36.7 Å². The number of aryl methyl sites for hydroxylation is 1. The van der Waals surface area contributed by atoms with Gasteiger partial charge < -0.3 is 10.1 Å². The maximum absolute atomic E-state index is 13.2. The Balaban J connectivity index is 2.14. The molecule has 1 heterocycles. The van der Waals surface area contributed by atoms with Gasteiger partial charge in [0.05, 0.1) is 12.3 Å². The lowest BCUT2D eigenvalue weighted by Crippen LogP contribution is -2.15. The number of anilines is 1. The Kier molecular flexibility index (Phi) is 4.86. The largest absolute Gasteiger partial charge is 0.492 e. The molecule has 2 aromatic rings. The van der Waals surface area contributed by atoms with Crippen molar-refractivity contribution in [2.24, 2.45) is 0 Å². The van der Waals surface area contributed by atoms with Crippen molar-refractivity contribution in [2.45, 2.75) is 26.7 Å². The highest BCUT2D eigenvalue weighted by Gasteiger charge is 2.15. The number of nitrogens with one attached hydrogen (secondary N) is 2. The lowest BCUT2D eigenvalue weighted by Gasteiger charge is -2.10. The fourth-order valence-corrected chi connectivity index (χ4v) is 1.80. The number of ether oxygens (including phenoxy) is 1. The fraction of sp³-hybridized carbons (Fsp3) is 0.357. The van der Waals surface area contributed by atoms with Crippen LogP contribution in [-0.2, 0) is 6.42 Å². The molecule has 6 nitrogen and oxygen atoms in total. The van der Waals surface area contributed by atoms with Gasteiger partial charge in [-0.2, -0.15) is 0 Å². The van der Waals surface area contributed by atoms with Crippen LogP contribution in [-0.4, -0.2) is 27.7 Å². The average molecular weight is 292 g/mol. The van der Waals surface area contributed by atoms with Crippen LogP contribution < -0.4 is 10.1 Å². The van der Waals surface area contributed by atoms with Crippen LogP contribution in [0.25, 0.3) is 0 Å². The van der Waals surface area contributed by atoms with Crippen LogP contribution in [0, 0.1) is 5.82 Å². The number of hydrogen-bond acceptors (Lipinski definition) is 4. The number of hydrogen-bond donors (Lipinski definition) is 2. The van der Waals surface area contributed by atoms with Crippen molar-refractivity contribution in [3.8, 4) is 5.75 Å². The predicted molar refractivity (Wildman–Crippen MR) is 75.9 cm³/mol. The SMILES string of the molecule is CCCc1nc(C(=O)Nc2ccc(F)cc2OCC)n[nH]1. The molecule has 112 valence electrons. The summed E-state index contributed by atoms with van der Waals surface area (Å²) in [6.07, 6.45) is 1.63. The van der Waals surface area contributed by atoms with E-state index in [0.29, 0.717) is 18.1 Å². The van der Waals surface area contributed by atoms with E-state index < -0.39 is 11.7 Å². The molecule has 0 fully saturated rings. The Morgan fingerprint density at radius 1 is 1.43 bits per heavy atom. The lowest BCUT2D eigenvalue weighted by atomic mass is 10.2. The van der Waals surface area contributed by atoms with Gasteiger partial charge in [-0.3, -0.25) is 9.89 Å². The molecule has 0 aliphatic heterocycles. The van der Waals surface area contributed by atoms with Crippen molar-refractivity contribution in [3.05, 3.63) is 35.7 Å². The number of rotatable bonds is 6. The topological polar surface area (TPSA) is 79.9 Å². The van der Waals surface area contributed by atoms with Crippen molar-refractivity contribution in [3.63, 3.8) is 0 Å². The summed E-state index contributed by atoms with van der Waals surface area (Å²) in [7, 11) is 0. The van der Waals surface area contributed by atoms with Gasteiger partial charge in [-0.05, 0) is 25.5 Å². The highest BCUT2D eigenvalue weighted by Crippen LogP contribution is 2.25. The molecule has 0 radical (unpaired) electrons. The van der Waals surface area contributed by atoms with Crippen LogP contribution in [0.4, 0.5) is 10.1 Å². The molecule has 0 spiro atoms. The molecule has 1 aromatic carbocycles. The third-order valence-corrected chi connectivity index (χ3v) is 2.71. The third kappa shape index (κ3) is 3.77. The first-order valence-corrected chi connectivity index (χ1v) is 6.79. The number of carbonyl (C=O) groups excluding carboxylic acids is 1. The number of aromatic nitrogens is 3. The number of halogens is 1. The zero-order valence-corrected chi connectivity index (χ0v) is 11.9. The molecule has 7 heteroatoms. The maximum Gasteiger partial charge on any atom is 0.295 e. The normalized spacial score (nSPS) is 10.4. The summed E-state index contributed by atoms with van der Waals surface area (Å²) in [6, 6.07) is 3.91. The molecule has 2 N–H and O–H groups in total. The number of carbonyl (C=O) groups is 1. The van der Waals surface area contributed by atoms with E-state index in [9.17, 15) is 9.18 Å². The van der Waals surface area contributed by atoms with Crippen molar-refractivity contribution in [1.82, 2.24) is 15.2 Å². The van der Waals surface area contributed by atoms with Crippen LogP contribution in [0.2, 0.25) is 0 Å². The van der Waals surface area contributed by atoms with Gasteiger partial charge in [0.1, 0.15) is 17.4 Å². The van der Waals surface area contributed by atoms with Crippen molar-refractivity contribution >= 4 is 11.6 Å². The molecule has 21 heavy (non-hydrogen) atoms. The lowest BCUT2D eigenvalue weighted by molar-refractivity contribution is 0.101. The molecular weight excluding hydrogens is 275 g/mol. The van der Waals surface area contributed by atoms with E-state index >= 15 is 0 Å². The van der Waals surface area contributed by atoms with Crippen LogP contribution in [0.15, 0.2) is 18.2 Å². The van der Waals surface area contributed by atoms with Crippen molar-refractivity contribution in [1.29, 1.82) is 0 Å². The van der Waals surface area contributed by atoms with E-state index in [1.54, 1.807) is 6.92 Å². The van der Waals surface area contributed by atoms with E-state index in [1.165, 1.54) is 18.2 Å². The highest BCUT2D eigenvalue weighted by molar-refractivity contribution is 6.02. The number of H-pyrrole nitrogens is 1.